The number of anilines is 1. The van der Waals surface area contributed by atoms with Crippen molar-refractivity contribution in [1.82, 2.24) is 0 Å². The first-order valence-corrected chi connectivity index (χ1v) is 7.23. The molecular weight excluding hydrogens is 330 g/mol. The Morgan fingerprint density at radius 1 is 0.905 bits per heavy atom. The Bertz CT molecular complexity index is 787. The van der Waals surface area contributed by atoms with Crippen LogP contribution in [0.2, 0.25) is 0 Å². The van der Waals surface area contributed by atoms with E-state index in [2.05, 4.69) is 21.2 Å². The summed E-state index contributed by atoms with van der Waals surface area (Å²) in [5, 5.41) is 4.88. The standard InChI is InChI=1S/C17H12BrNO2/c18-14-8-6-13-11-15(9-7-12(13)10-14)19-17(20)21-16-4-2-1-3-5-16/h1-11H,(H,19,20). The highest BCUT2D eigenvalue weighted by molar-refractivity contribution is 9.10. The van der Waals surface area contributed by atoms with Crippen LogP contribution in [0.1, 0.15) is 0 Å². The van der Waals surface area contributed by atoms with Gasteiger partial charge in [0.1, 0.15) is 5.75 Å². The van der Waals surface area contributed by atoms with Crippen LogP contribution in [0.4, 0.5) is 10.5 Å². The molecule has 0 aliphatic carbocycles. The number of hydrogen-bond donors (Lipinski definition) is 1. The topological polar surface area (TPSA) is 38.3 Å². The third kappa shape index (κ3) is 3.41. The fraction of sp³-hybridized carbons (Fsp3) is 0. The highest BCUT2D eigenvalue weighted by Crippen LogP contribution is 2.23. The quantitative estimate of drug-likeness (QED) is 0.694. The molecule has 0 aliphatic rings. The van der Waals surface area contributed by atoms with Crippen molar-refractivity contribution >= 4 is 38.5 Å². The smallest absolute Gasteiger partial charge is 0.410 e. The van der Waals surface area contributed by atoms with Gasteiger partial charge in [0, 0.05) is 10.2 Å². The lowest BCUT2D eigenvalue weighted by Crippen LogP contribution is -2.16. The number of para-hydroxylation sites is 1. The third-order valence-corrected chi connectivity index (χ3v) is 3.50. The predicted molar refractivity (Wildman–Crippen MR) is 87.7 cm³/mol. The van der Waals surface area contributed by atoms with E-state index < -0.39 is 6.09 Å². The lowest BCUT2D eigenvalue weighted by atomic mass is 10.1. The largest absolute Gasteiger partial charge is 0.417 e. The molecule has 0 bridgehead atoms. The second kappa shape index (κ2) is 5.97. The Hall–Kier alpha value is -2.33. The molecular formula is C17H12BrNO2. The van der Waals surface area contributed by atoms with Crippen LogP contribution in [-0.2, 0) is 0 Å². The van der Waals surface area contributed by atoms with Gasteiger partial charge in [-0.05, 0) is 47.2 Å². The molecule has 3 nitrogen and oxygen atoms in total. The van der Waals surface area contributed by atoms with Gasteiger partial charge in [0.2, 0.25) is 0 Å². The van der Waals surface area contributed by atoms with E-state index in [1.54, 1.807) is 12.1 Å². The summed E-state index contributed by atoms with van der Waals surface area (Å²) in [6.45, 7) is 0. The summed E-state index contributed by atoms with van der Waals surface area (Å²) in [5.74, 6) is 0.514. The Balaban J connectivity index is 1.75. The van der Waals surface area contributed by atoms with E-state index in [9.17, 15) is 4.79 Å². The van der Waals surface area contributed by atoms with Crippen molar-refractivity contribution < 1.29 is 9.53 Å². The molecule has 0 radical (unpaired) electrons. The molecule has 104 valence electrons. The number of carbonyl (C=O) groups excluding carboxylic acids is 1. The van der Waals surface area contributed by atoms with Crippen molar-refractivity contribution in [2.24, 2.45) is 0 Å². The van der Waals surface area contributed by atoms with Gasteiger partial charge in [-0.2, -0.15) is 0 Å². The third-order valence-electron chi connectivity index (χ3n) is 3.00. The van der Waals surface area contributed by atoms with Crippen molar-refractivity contribution in [3.8, 4) is 5.75 Å². The SMILES string of the molecule is O=C(Nc1ccc2cc(Br)ccc2c1)Oc1ccccc1. The first-order valence-electron chi connectivity index (χ1n) is 6.44. The molecule has 21 heavy (non-hydrogen) atoms. The number of benzene rings is 3. The van der Waals surface area contributed by atoms with Crippen LogP contribution in [0, 0.1) is 0 Å². The van der Waals surface area contributed by atoms with Gasteiger partial charge in [-0.25, -0.2) is 4.79 Å². The van der Waals surface area contributed by atoms with Crippen molar-refractivity contribution in [3.63, 3.8) is 0 Å². The van der Waals surface area contributed by atoms with Crippen molar-refractivity contribution in [2.75, 3.05) is 5.32 Å². The van der Waals surface area contributed by atoms with Gasteiger partial charge in [-0.1, -0.05) is 46.3 Å². The van der Waals surface area contributed by atoms with Crippen LogP contribution < -0.4 is 10.1 Å². The summed E-state index contributed by atoms with van der Waals surface area (Å²) in [5.41, 5.74) is 0.700. The van der Waals surface area contributed by atoms with Crippen molar-refractivity contribution in [1.29, 1.82) is 0 Å². The van der Waals surface area contributed by atoms with Crippen LogP contribution in [0.15, 0.2) is 71.2 Å². The second-order valence-electron chi connectivity index (χ2n) is 4.53. The number of rotatable bonds is 2. The van der Waals surface area contributed by atoms with Crippen molar-refractivity contribution in [2.45, 2.75) is 0 Å². The fourth-order valence-electron chi connectivity index (χ4n) is 2.03. The number of amides is 1. The van der Waals surface area contributed by atoms with Gasteiger partial charge >= 0.3 is 6.09 Å². The molecule has 3 aromatic carbocycles. The second-order valence-corrected chi connectivity index (χ2v) is 5.45. The minimum Gasteiger partial charge on any atom is -0.410 e. The normalized spacial score (nSPS) is 10.3. The number of halogens is 1. The van der Waals surface area contributed by atoms with Crippen LogP contribution in [0.25, 0.3) is 10.8 Å². The molecule has 0 saturated heterocycles. The molecule has 3 rings (SSSR count). The molecule has 0 aromatic heterocycles. The number of carbonyl (C=O) groups is 1. The molecule has 0 heterocycles. The first-order chi connectivity index (χ1) is 10.2. The van der Waals surface area contributed by atoms with E-state index in [1.165, 1.54) is 0 Å². The molecule has 3 aromatic rings. The van der Waals surface area contributed by atoms with Crippen LogP contribution in [0.5, 0.6) is 5.75 Å². The minimum atomic E-state index is -0.502. The molecule has 0 unspecified atom stereocenters. The molecule has 0 aliphatic heterocycles. The molecule has 0 fully saturated rings. The summed E-state index contributed by atoms with van der Waals surface area (Å²) >= 11 is 3.44. The van der Waals surface area contributed by atoms with Crippen LogP contribution in [-0.4, -0.2) is 6.09 Å². The maximum atomic E-state index is 11.8. The number of fused-ring (bicyclic) bond motifs is 1. The Morgan fingerprint density at radius 3 is 2.43 bits per heavy atom. The lowest BCUT2D eigenvalue weighted by Gasteiger charge is -2.07. The van der Waals surface area contributed by atoms with Gasteiger partial charge in [0.05, 0.1) is 0 Å². The summed E-state index contributed by atoms with van der Waals surface area (Å²) in [7, 11) is 0. The zero-order valence-electron chi connectivity index (χ0n) is 11.0. The summed E-state index contributed by atoms with van der Waals surface area (Å²) in [6, 6.07) is 20.7. The van der Waals surface area contributed by atoms with E-state index in [0.29, 0.717) is 11.4 Å². The van der Waals surface area contributed by atoms with E-state index in [1.807, 2.05) is 54.6 Å². The van der Waals surface area contributed by atoms with E-state index in [-0.39, 0.29) is 0 Å². The van der Waals surface area contributed by atoms with E-state index in [0.717, 1.165) is 15.2 Å². The highest BCUT2D eigenvalue weighted by Gasteiger charge is 2.05. The number of nitrogens with one attached hydrogen (secondary N) is 1. The number of hydrogen-bond acceptors (Lipinski definition) is 2. The molecule has 4 heteroatoms. The zero-order chi connectivity index (χ0) is 14.7. The van der Waals surface area contributed by atoms with E-state index >= 15 is 0 Å². The minimum absolute atomic E-state index is 0.502. The van der Waals surface area contributed by atoms with Crippen LogP contribution >= 0.6 is 15.9 Å². The molecule has 0 saturated carbocycles. The summed E-state index contributed by atoms with van der Waals surface area (Å²) in [4.78, 5) is 11.8. The number of ether oxygens (including phenoxy) is 1. The molecule has 0 atom stereocenters. The Morgan fingerprint density at radius 2 is 1.62 bits per heavy atom. The Kier molecular flexibility index (Phi) is 3.88. The Labute approximate surface area is 130 Å². The van der Waals surface area contributed by atoms with Crippen molar-refractivity contribution in [3.05, 3.63) is 71.2 Å². The van der Waals surface area contributed by atoms with Gasteiger partial charge in [-0.3, -0.25) is 5.32 Å². The molecule has 0 spiro atoms. The predicted octanol–water partition coefficient (Wildman–Crippen LogP) is 5.21. The van der Waals surface area contributed by atoms with Crippen LogP contribution in [0.3, 0.4) is 0 Å². The van der Waals surface area contributed by atoms with Gasteiger partial charge < -0.3 is 4.74 Å². The zero-order valence-corrected chi connectivity index (χ0v) is 12.6. The monoisotopic (exact) mass is 341 g/mol. The average Bonchev–Trinajstić information content (AvgIpc) is 2.48. The van der Waals surface area contributed by atoms with Gasteiger partial charge in [0.25, 0.3) is 0 Å². The van der Waals surface area contributed by atoms with Gasteiger partial charge in [0.15, 0.2) is 0 Å². The molecule has 1 amide bonds. The first kappa shape index (κ1) is 13.6. The van der Waals surface area contributed by atoms with E-state index in [4.69, 9.17) is 4.74 Å². The summed E-state index contributed by atoms with van der Waals surface area (Å²) in [6.07, 6.45) is -0.502. The maximum Gasteiger partial charge on any atom is 0.417 e. The summed E-state index contributed by atoms with van der Waals surface area (Å²) < 4.78 is 6.22. The fourth-order valence-corrected chi connectivity index (χ4v) is 2.41. The molecule has 1 N–H and O–H groups in total. The highest BCUT2D eigenvalue weighted by atomic mass is 79.9. The average molecular weight is 342 g/mol. The maximum absolute atomic E-state index is 11.8. The van der Waals surface area contributed by atoms with Gasteiger partial charge in [-0.15, -0.1) is 0 Å². The lowest BCUT2D eigenvalue weighted by molar-refractivity contribution is 0.215.